The first-order valence-corrected chi connectivity index (χ1v) is 12.2. The summed E-state index contributed by atoms with van der Waals surface area (Å²) in [6, 6.07) is 3.35. The lowest BCUT2D eigenvalue weighted by atomic mass is 10.0. The maximum absolute atomic E-state index is 13.2. The average molecular weight is 528 g/mol. The summed E-state index contributed by atoms with van der Waals surface area (Å²) >= 11 is 0. The zero-order valence-corrected chi connectivity index (χ0v) is 21.4. The van der Waals surface area contributed by atoms with Gasteiger partial charge in [-0.3, -0.25) is 43.9 Å². The van der Waals surface area contributed by atoms with Crippen LogP contribution in [-0.4, -0.2) is 100 Å². The highest BCUT2D eigenvalue weighted by Gasteiger charge is 2.45. The summed E-state index contributed by atoms with van der Waals surface area (Å²) in [7, 11) is 0. The van der Waals surface area contributed by atoms with E-state index in [-0.39, 0.29) is 49.3 Å². The second-order valence-corrected chi connectivity index (χ2v) is 10.3. The van der Waals surface area contributed by atoms with Crippen molar-refractivity contribution in [2.45, 2.75) is 45.3 Å². The van der Waals surface area contributed by atoms with Crippen LogP contribution >= 0.6 is 0 Å². The fourth-order valence-electron chi connectivity index (χ4n) is 4.57. The standard InChI is InChI=1S/C25H29N5O8/c1-25(2,3)38-24(37)23(36)29-11-9-28(10-12-29)13-18(32)26-15-6-4-5-14-19(15)22(35)30(21(14)34)16-7-8-17(31)27-20(16)33/h4-6,16H,7-13H2,1-3H3,(H,26,32)(H,27,31,33). The van der Waals surface area contributed by atoms with Crippen molar-refractivity contribution in [2.24, 2.45) is 0 Å². The minimum atomic E-state index is -1.11. The van der Waals surface area contributed by atoms with Gasteiger partial charge in [0.1, 0.15) is 11.6 Å². The number of hydrogen-bond donors (Lipinski definition) is 2. The molecule has 38 heavy (non-hydrogen) atoms. The van der Waals surface area contributed by atoms with Crippen molar-refractivity contribution in [1.29, 1.82) is 0 Å². The molecule has 6 amide bonds. The van der Waals surface area contributed by atoms with E-state index in [4.69, 9.17) is 4.74 Å². The molecule has 3 heterocycles. The number of amides is 6. The summed E-state index contributed by atoms with van der Waals surface area (Å²) in [5.74, 6) is -4.66. The summed E-state index contributed by atoms with van der Waals surface area (Å²) < 4.78 is 5.12. The Kier molecular flexibility index (Phi) is 7.31. The molecule has 4 rings (SSSR count). The SMILES string of the molecule is CC(C)(C)OC(=O)C(=O)N1CCN(CC(=O)Nc2cccc3c2C(=O)N(C2CCC(=O)NC2=O)C3=O)CC1. The molecule has 0 aliphatic carbocycles. The van der Waals surface area contributed by atoms with Gasteiger partial charge in [-0.05, 0) is 39.3 Å². The molecule has 3 aliphatic heterocycles. The molecule has 2 fully saturated rings. The van der Waals surface area contributed by atoms with Crippen LogP contribution in [0.3, 0.4) is 0 Å². The molecule has 0 radical (unpaired) electrons. The third-order valence-corrected chi connectivity index (χ3v) is 6.34. The van der Waals surface area contributed by atoms with E-state index in [1.807, 2.05) is 0 Å². The van der Waals surface area contributed by atoms with Crippen LogP contribution in [0.2, 0.25) is 0 Å². The third-order valence-electron chi connectivity index (χ3n) is 6.34. The number of nitrogens with one attached hydrogen (secondary N) is 2. The lowest BCUT2D eigenvalue weighted by molar-refractivity contribution is -0.168. The minimum absolute atomic E-state index is 0.00401. The van der Waals surface area contributed by atoms with Gasteiger partial charge in [0, 0.05) is 32.6 Å². The van der Waals surface area contributed by atoms with Crippen molar-refractivity contribution >= 4 is 47.1 Å². The Labute approximate surface area is 218 Å². The molecule has 1 atom stereocenters. The van der Waals surface area contributed by atoms with Crippen LogP contribution in [-0.2, 0) is 28.7 Å². The fourth-order valence-corrected chi connectivity index (χ4v) is 4.57. The summed E-state index contributed by atoms with van der Waals surface area (Å²) in [6.07, 6.45) is 0.0320. The molecular weight excluding hydrogens is 498 g/mol. The Morgan fingerprint density at radius 3 is 2.34 bits per heavy atom. The zero-order chi connectivity index (χ0) is 27.8. The molecule has 13 heteroatoms. The van der Waals surface area contributed by atoms with Crippen LogP contribution in [0, 0.1) is 0 Å². The number of rotatable bonds is 4. The molecule has 13 nitrogen and oxygen atoms in total. The molecule has 0 saturated carbocycles. The molecule has 0 bridgehead atoms. The van der Waals surface area contributed by atoms with Gasteiger partial charge in [0.2, 0.25) is 17.7 Å². The van der Waals surface area contributed by atoms with Crippen molar-refractivity contribution in [1.82, 2.24) is 20.0 Å². The van der Waals surface area contributed by atoms with E-state index in [9.17, 15) is 33.6 Å². The number of piperazine rings is 1. The molecular formula is C25H29N5O8. The summed E-state index contributed by atoms with van der Waals surface area (Å²) in [6.45, 7) is 6.13. The van der Waals surface area contributed by atoms with E-state index < -0.39 is 53.1 Å². The summed E-state index contributed by atoms with van der Waals surface area (Å²) in [4.78, 5) is 91.1. The first kappa shape index (κ1) is 26.9. The van der Waals surface area contributed by atoms with Gasteiger partial charge < -0.3 is 15.0 Å². The van der Waals surface area contributed by atoms with Crippen LogP contribution in [0.25, 0.3) is 0 Å². The molecule has 0 aromatic heterocycles. The molecule has 202 valence electrons. The first-order chi connectivity index (χ1) is 17.9. The van der Waals surface area contributed by atoms with Crippen LogP contribution < -0.4 is 10.6 Å². The Morgan fingerprint density at radius 2 is 1.71 bits per heavy atom. The maximum atomic E-state index is 13.2. The van der Waals surface area contributed by atoms with E-state index in [2.05, 4.69) is 10.6 Å². The number of imide groups is 2. The summed E-state index contributed by atoms with van der Waals surface area (Å²) in [5.41, 5.74) is -0.593. The quantitative estimate of drug-likeness (QED) is 0.299. The number of carbonyl (C=O) groups excluding carboxylic acids is 7. The van der Waals surface area contributed by atoms with Gasteiger partial charge in [-0.2, -0.15) is 0 Å². The third kappa shape index (κ3) is 5.57. The van der Waals surface area contributed by atoms with Crippen molar-refractivity contribution in [2.75, 3.05) is 38.0 Å². The van der Waals surface area contributed by atoms with Crippen LogP contribution in [0.5, 0.6) is 0 Å². The highest BCUT2D eigenvalue weighted by Crippen LogP contribution is 2.32. The highest BCUT2D eigenvalue weighted by atomic mass is 16.6. The van der Waals surface area contributed by atoms with Crippen molar-refractivity contribution < 1.29 is 38.3 Å². The number of carbonyl (C=O) groups is 7. The van der Waals surface area contributed by atoms with E-state index in [1.165, 1.54) is 23.1 Å². The van der Waals surface area contributed by atoms with Gasteiger partial charge in [0.25, 0.3) is 11.8 Å². The topological polar surface area (TPSA) is 162 Å². The van der Waals surface area contributed by atoms with Crippen LogP contribution in [0.1, 0.15) is 54.3 Å². The number of esters is 1. The summed E-state index contributed by atoms with van der Waals surface area (Å²) in [5, 5.41) is 4.81. The number of nitrogens with zero attached hydrogens (tertiary/aromatic N) is 3. The van der Waals surface area contributed by atoms with Crippen molar-refractivity contribution in [3.05, 3.63) is 29.3 Å². The number of hydrogen-bond acceptors (Lipinski definition) is 9. The molecule has 1 aromatic carbocycles. The second-order valence-electron chi connectivity index (χ2n) is 10.3. The number of piperidine rings is 1. The van der Waals surface area contributed by atoms with Gasteiger partial charge in [0.05, 0.1) is 23.4 Å². The Morgan fingerprint density at radius 1 is 1.03 bits per heavy atom. The zero-order valence-electron chi connectivity index (χ0n) is 21.4. The molecule has 0 spiro atoms. The Balaban J connectivity index is 1.36. The Hall–Kier alpha value is -4.13. The molecule has 1 unspecified atom stereocenters. The minimum Gasteiger partial charge on any atom is -0.453 e. The largest absolute Gasteiger partial charge is 0.453 e. The maximum Gasteiger partial charge on any atom is 0.397 e. The lowest BCUT2D eigenvalue weighted by Gasteiger charge is -2.34. The monoisotopic (exact) mass is 527 g/mol. The van der Waals surface area contributed by atoms with Crippen LogP contribution in [0.15, 0.2) is 18.2 Å². The predicted molar refractivity (Wildman–Crippen MR) is 131 cm³/mol. The number of anilines is 1. The molecule has 1 aromatic rings. The first-order valence-electron chi connectivity index (χ1n) is 12.2. The molecule has 2 N–H and O–H groups in total. The predicted octanol–water partition coefficient (Wildman–Crippen LogP) is -0.488. The van der Waals surface area contributed by atoms with Gasteiger partial charge in [-0.25, -0.2) is 4.79 Å². The number of fused-ring (bicyclic) bond motifs is 1. The van der Waals surface area contributed by atoms with E-state index in [0.717, 1.165) is 4.90 Å². The van der Waals surface area contributed by atoms with Gasteiger partial charge in [0.15, 0.2) is 0 Å². The Bertz CT molecular complexity index is 1230. The fraction of sp³-hybridized carbons (Fsp3) is 0.480. The van der Waals surface area contributed by atoms with Crippen molar-refractivity contribution in [3.63, 3.8) is 0 Å². The van der Waals surface area contributed by atoms with E-state index >= 15 is 0 Å². The van der Waals surface area contributed by atoms with Crippen molar-refractivity contribution in [3.8, 4) is 0 Å². The normalized spacial score (nSPS) is 20.2. The van der Waals surface area contributed by atoms with E-state index in [0.29, 0.717) is 13.1 Å². The highest BCUT2D eigenvalue weighted by molar-refractivity contribution is 6.32. The molecule has 2 saturated heterocycles. The lowest BCUT2D eigenvalue weighted by Crippen LogP contribution is -2.54. The average Bonchev–Trinajstić information content (AvgIpc) is 3.09. The number of ether oxygens (including phenoxy) is 1. The molecule has 3 aliphatic rings. The second kappa shape index (κ2) is 10.3. The smallest absolute Gasteiger partial charge is 0.397 e. The van der Waals surface area contributed by atoms with E-state index in [1.54, 1.807) is 25.7 Å². The van der Waals surface area contributed by atoms with Crippen LogP contribution in [0.4, 0.5) is 5.69 Å². The number of benzene rings is 1. The van der Waals surface area contributed by atoms with Gasteiger partial charge >= 0.3 is 11.9 Å². The van der Waals surface area contributed by atoms with Gasteiger partial charge in [-0.1, -0.05) is 6.07 Å². The van der Waals surface area contributed by atoms with Gasteiger partial charge in [-0.15, -0.1) is 0 Å².